The molecule has 0 amide bonds. The zero-order chi connectivity index (χ0) is 19.0. The lowest BCUT2D eigenvalue weighted by Gasteiger charge is -2.16. The molecule has 0 fully saturated rings. The van der Waals surface area contributed by atoms with E-state index in [0.29, 0.717) is 5.75 Å². The first-order valence-electron chi connectivity index (χ1n) is 8.59. The van der Waals surface area contributed by atoms with Gasteiger partial charge < -0.3 is 0 Å². The fraction of sp³-hybridized carbons (Fsp3) is 0.136. The maximum absolute atomic E-state index is 12.7. The SMILES string of the molecule is Cc1ccccc1-c1ccc2c(c1)[SH](Cc1ccc(C(F)(F)F)cc1)C=N2. The van der Waals surface area contributed by atoms with Gasteiger partial charge in [0, 0.05) is 16.2 Å². The molecule has 1 atom stereocenters. The number of aliphatic imine (C=N–C) groups is 1. The molecule has 0 spiro atoms. The van der Waals surface area contributed by atoms with Crippen molar-refractivity contribution in [1.29, 1.82) is 0 Å². The van der Waals surface area contributed by atoms with Crippen molar-refractivity contribution in [2.45, 2.75) is 23.7 Å². The summed E-state index contributed by atoms with van der Waals surface area (Å²) in [4.78, 5) is 5.70. The van der Waals surface area contributed by atoms with Crippen LogP contribution in [-0.2, 0) is 11.9 Å². The molecule has 0 aromatic heterocycles. The number of fused-ring (bicyclic) bond motifs is 1. The smallest absolute Gasteiger partial charge is 0.250 e. The van der Waals surface area contributed by atoms with Crippen LogP contribution < -0.4 is 0 Å². The minimum Gasteiger partial charge on any atom is -0.250 e. The third kappa shape index (κ3) is 3.65. The predicted octanol–water partition coefficient (Wildman–Crippen LogP) is 6.91. The monoisotopic (exact) mass is 385 g/mol. The molecular formula is C22H18F3NS. The summed E-state index contributed by atoms with van der Waals surface area (Å²) in [6, 6.07) is 20.0. The van der Waals surface area contributed by atoms with E-state index in [9.17, 15) is 13.2 Å². The van der Waals surface area contributed by atoms with Crippen LogP contribution in [0.3, 0.4) is 0 Å². The average molecular weight is 385 g/mol. The highest BCUT2D eigenvalue weighted by Crippen LogP contribution is 2.49. The molecule has 27 heavy (non-hydrogen) atoms. The van der Waals surface area contributed by atoms with Crippen LogP contribution in [0.5, 0.6) is 0 Å². The Bertz CT molecular complexity index is 1010. The fourth-order valence-electron chi connectivity index (χ4n) is 3.24. The first-order valence-corrected chi connectivity index (χ1v) is 10.2. The van der Waals surface area contributed by atoms with Gasteiger partial charge in [-0.1, -0.05) is 42.5 Å². The first-order chi connectivity index (χ1) is 12.9. The van der Waals surface area contributed by atoms with Gasteiger partial charge in [-0.25, -0.2) is 0 Å². The van der Waals surface area contributed by atoms with Crippen LogP contribution in [0.1, 0.15) is 16.7 Å². The number of aryl methyl sites for hydroxylation is 1. The maximum Gasteiger partial charge on any atom is 0.416 e. The number of alkyl halides is 3. The number of rotatable bonds is 3. The van der Waals surface area contributed by atoms with Crippen molar-refractivity contribution in [3.05, 3.63) is 83.4 Å². The fourth-order valence-corrected chi connectivity index (χ4v) is 5.22. The lowest BCUT2D eigenvalue weighted by atomic mass is 10.0. The average Bonchev–Trinajstić information content (AvgIpc) is 3.04. The van der Waals surface area contributed by atoms with Gasteiger partial charge in [-0.05, 0) is 53.4 Å². The molecule has 0 bridgehead atoms. The van der Waals surface area contributed by atoms with Gasteiger partial charge in [0.25, 0.3) is 0 Å². The number of nitrogens with zero attached hydrogens (tertiary/aromatic N) is 1. The van der Waals surface area contributed by atoms with Crippen LogP contribution >= 0.6 is 10.9 Å². The van der Waals surface area contributed by atoms with Crippen LogP contribution in [0.2, 0.25) is 0 Å². The van der Waals surface area contributed by atoms with Gasteiger partial charge in [-0.2, -0.15) is 24.1 Å². The van der Waals surface area contributed by atoms with Crippen molar-refractivity contribution >= 4 is 22.1 Å². The second kappa shape index (κ2) is 6.89. The summed E-state index contributed by atoms with van der Waals surface area (Å²) in [5, 5.41) is 0. The van der Waals surface area contributed by atoms with Gasteiger partial charge in [0.05, 0.1) is 11.3 Å². The van der Waals surface area contributed by atoms with E-state index in [1.807, 2.05) is 23.7 Å². The zero-order valence-corrected chi connectivity index (χ0v) is 15.6. The van der Waals surface area contributed by atoms with E-state index in [0.717, 1.165) is 28.9 Å². The summed E-state index contributed by atoms with van der Waals surface area (Å²) >= 11 is 0. The molecule has 1 aliphatic heterocycles. The van der Waals surface area contributed by atoms with Gasteiger partial charge in [0.15, 0.2) is 0 Å². The molecular weight excluding hydrogens is 367 g/mol. The molecule has 1 aliphatic rings. The summed E-state index contributed by atoms with van der Waals surface area (Å²) in [7, 11) is -0.664. The Kier molecular flexibility index (Phi) is 4.56. The number of halogens is 3. The van der Waals surface area contributed by atoms with E-state index in [4.69, 9.17) is 0 Å². The Labute approximate surface area is 158 Å². The Morgan fingerprint density at radius 3 is 2.37 bits per heavy atom. The summed E-state index contributed by atoms with van der Waals surface area (Å²) in [5.41, 5.74) is 6.76. The molecule has 1 unspecified atom stereocenters. The van der Waals surface area contributed by atoms with Crippen LogP contribution in [-0.4, -0.2) is 5.55 Å². The van der Waals surface area contributed by atoms with E-state index in [1.165, 1.54) is 16.0 Å². The minimum atomic E-state index is -4.30. The predicted molar refractivity (Wildman–Crippen MR) is 107 cm³/mol. The molecule has 0 radical (unpaired) electrons. The molecule has 1 nitrogen and oxygen atoms in total. The van der Waals surface area contributed by atoms with Gasteiger partial charge in [0.2, 0.25) is 0 Å². The quantitative estimate of drug-likeness (QED) is 0.470. The van der Waals surface area contributed by atoms with Gasteiger partial charge in [-0.15, -0.1) is 0 Å². The second-order valence-electron chi connectivity index (χ2n) is 6.59. The van der Waals surface area contributed by atoms with Crippen molar-refractivity contribution in [1.82, 2.24) is 0 Å². The largest absolute Gasteiger partial charge is 0.416 e. The Morgan fingerprint density at radius 1 is 0.926 bits per heavy atom. The van der Waals surface area contributed by atoms with E-state index in [1.54, 1.807) is 12.1 Å². The summed E-state index contributed by atoms with van der Waals surface area (Å²) in [6.45, 7) is 2.09. The summed E-state index contributed by atoms with van der Waals surface area (Å²) < 4.78 is 38.2. The molecule has 4 rings (SSSR count). The van der Waals surface area contributed by atoms with Crippen molar-refractivity contribution < 1.29 is 13.2 Å². The summed E-state index contributed by atoms with van der Waals surface area (Å²) in [5.74, 6) is 0.696. The molecule has 1 heterocycles. The van der Waals surface area contributed by atoms with Gasteiger partial charge in [-0.3, -0.25) is 4.99 Å². The molecule has 0 saturated heterocycles. The Balaban J connectivity index is 1.60. The van der Waals surface area contributed by atoms with Crippen molar-refractivity contribution in [3.63, 3.8) is 0 Å². The van der Waals surface area contributed by atoms with Crippen LogP contribution in [0.15, 0.2) is 76.6 Å². The highest BCUT2D eigenvalue weighted by Gasteiger charge is 2.30. The Morgan fingerprint density at radius 2 is 1.67 bits per heavy atom. The summed E-state index contributed by atoms with van der Waals surface area (Å²) in [6.07, 6.45) is -4.30. The number of hydrogen-bond acceptors (Lipinski definition) is 1. The molecule has 5 heteroatoms. The number of thiol groups is 1. The highest BCUT2D eigenvalue weighted by molar-refractivity contribution is 8.28. The third-order valence-corrected chi connectivity index (χ3v) is 6.79. The van der Waals surface area contributed by atoms with E-state index < -0.39 is 22.6 Å². The lowest BCUT2D eigenvalue weighted by molar-refractivity contribution is -0.137. The first kappa shape index (κ1) is 17.9. The molecule has 3 aromatic carbocycles. The van der Waals surface area contributed by atoms with Crippen molar-refractivity contribution in [3.8, 4) is 11.1 Å². The van der Waals surface area contributed by atoms with E-state index in [-0.39, 0.29) is 0 Å². The molecule has 138 valence electrons. The normalized spacial score (nSPS) is 17.1. The van der Waals surface area contributed by atoms with E-state index in [2.05, 4.69) is 36.2 Å². The Hall–Kier alpha value is -2.53. The van der Waals surface area contributed by atoms with Crippen molar-refractivity contribution in [2.75, 3.05) is 0 Å². The highest BCUT2D eigenvalue weighted by atomic mass is 32.2. The molecule has 0 N–H and O–H groups in total. The van der Waals surface area contributed by atoms with Crippen LogP contribution in [0.25, 0.3) is 11.1 Å². The zero-order valence-electron chi connectivity index (χ0n) is 14.7. The van der Waals surface area contributed by atoms with E-state index >= 15 is 0 Å². The van der Waals surface area contributed by atoms with Gasteiger partial charge >= 0.3 is 6.18 Å². The van der Waals surface area contributed by atoms with Crippen LogP contribution in [0.4, 0.5) is 18.9 Å². The topological polar surface area (TPSA) is 12.4 Å². The molecule has 0 aliphatic carbocycles. The molecule has 0 saturated carbocycles. The van der Waals surface area contributed by atoms with Gasteiger partial charge in [0.1, 0.15) is 0 Å². The van der Waals surface area contributed by atoms with Crippen LogP contribution in [0, 0.1) is 6.92 Å². The third-order valence-electron chi connectivity index (χ3n) is 4.71. The minimum absolute atomic E-state index is 0.610. The number of benzene rings is 3. The lowest BCUT2D eigenvalue weighted by Crippen LogP contribution is -2.04. The van der Waals surface area contributed by atoms with Crippen molar-refractivity contribution in [2.24, 2.45) is 4.99 Å². The maximum atomic E-state index is 12.7. The number of hydrogen-bond donors (Lipinski definition) is 1. The standard InChI is InChI=1S/C22H18F3NS/c1-15-4-2-3-5-19(15)17-8-11-20-21(12-17)27(14-26-20)13-16-6-9-18(10-7-16)22(23,24)25/h2-12,14,27H,13H2,1H3. The second-order valence-corrected chi connectivity index (χ2v) is 8.55. The molecule has 3 aromatic rings.